The van der Waals surface area contributed by atoms with Gasteiger partial charge in [0.25, 0.3) is 17.9 Å². The molecule has 3 aromatic rings. The van der Waals surface area contributed by atoms with Gasteiger partial charge in [0.05, 0.1) is 19.1 Å². The van der Waals surface area contributed by atoms with Crippen molar-refractivity contribution in [3.63, 3.8) is 0 Å². The van der Waals surface area contributed by atoms with Gasteiger partial charge in [-0.3, -0.25) is 19.3 Å². The summed E-state index contributed by atoms with van der Waals surface area (Å²) >= 11 is 0. The highest BCUT2D eigenvalue weighted by molar-refractivity contribution is 5.93. The zero-order chi connectivity index (χ0) is 23.2. The van der Waals surface area contributed by atoms with Gasteiger partial charge in [-0.15, -0.1) is 0 Å². The number of hydrogen-bond donors (Lipinski definition) is 2. The van der Waals surface area contributed by atoms with Gasteiger partial charge in [-0.2, -0.15) is 0 Å². The number of fused-ring (bicyclic) bond motifs is 4. The first kappa shape index (κ1) is 22.6. The van der Waals surface area contributed by atoms with Gasteiger partial charge in [0, 0.05) is 44.2 Å². The lowest BCUT2D eigenvalue weighted by molar-refractivity contribution is -0.122. The maximum atomic E-state index is 13.1. The highest BCUT2D eigenvalue weighted by Gasteiger charge is 2.35. The number of piperidine rings is 1. The number of likely N-dealkylation sites (tertiary alicyclic amines) is 1. The topological polar surface area (TPSA) is 118 Å². The second-order valence-corrected chi connectivity index (χ2v) is 8.35. The van der Waals surface area contributed by atoms with Crippen LogP contribution in [0.3, 0.4) is 0 Å². The predicted octanol–water partition coefficient (Wildman–Crippen LogP) is 2.33. The van der Waals surface area contributed by atoms with Crippen molar-refractivity contribution >= 4 is 12.4 Å². The summed E-state index contributed by atoms with van der Waals surface area (Å²) < 4.78 is 12.6. The van der Waals surface area contributed by atoms with Gasteiger partial charge in [-0.1, -0.05) is 0 Å². The molecule has 0 aromatic carbocycles. The maximum absolute atomic E-state index is 13.1. The number of furan rings is 2. The van der Waals surface area contributed by atoms with E-state index in [9.17, 15) is 9.59 Å². The Kier molecular flexibility index (Phi) is 7.09. The molecule has 1 saturated heterocycles. The summed E-state index contributed by atoms with van der Waals surface area (Å²) in [4.78, 5) is 36.4. The fourth-order valence-corrected chi connectivity index (χ4v) is 4.82. The van der Waals surface area contributed by atoms with Crippen LogP contribution in [0.25, 0.3) is 0 Å². The fraction of sp³-hybridized carbons (Fsp3) is 0.375. The maximum Gasteiger partial charge on any atom is 0.290 e. The summed E-state index contributed by atoms with van der Waals surface area (Å²) in [6.45, 7) is 3.46. The molecule has 2 atom stereocenters. The standard InChI is InChI=1S/C23H25N3O4.CH2O2/c27-22(24-8-7-18-3-1-9-29-18)20-5-6-21-17-11-16(13-26(21)23(20)28)12-25(14-17)15-19-4-2-10-30-19;2-1-3/h1-6,9-10,16-17H,7-8,11-15H2,(H,24,27);1H,(H,2,3)/t16-,17+;/m0./s1. The molecule has 1 fully saturated rings. The molecule has 2 N–H and O–H groups in total. The van der Waals surface area contributed by atoms with Gasteiger partial charge in [-0.25, -0.2) is 0 Å². The first-order chi connectivity index (χ1) is 16.1. The number of rotatable bonds is 6. The van der Waals surface area contributed by atoms with E-state index in [1.54, 1.807) is 18.6 Å². The molecule has 9 nitrogen and oxygen atoms in total. The van der Waals surface area contributed by atoms with Gasteiger partial charge >= 0.3 is 0 Å². The van der Waals surface area contributed by atoms with Crippen LogP contribution in [0.4, 0.5) is 0 Å². The molecule has 5 rings (SSSR count). The van der Waals surface area contributed by atoms with E-state index < -0.39 is 0 Å². The summed E-state index contributed by atoms with van der Waals surface area (Å²) in [5.41, 5.74) is 1.07. The van der Waals surface area contributed by atoms with Gasteiger partial charge < -0.3 is 23.8 Å². The van der Waals surface area contributed by atoms with Crippen LogP contribution in [0.15, 0.2) is 62.6 Å². The first-order valence-electron chi connectivity index (χ1n) is 11.0. The lowest BCUT2D eigenvalue weighted by Gasteiger charge is -2.42. The Balaban J connectivity index is 0.000000821. The summed E-state index contributed by atoms with van der Waals surface area (Å²) in [5.74, 6) is 2.16. The van der Waals surface area contributed by atoms with Crippen molar-refractivity contribution in [2.24, 2.45) is 5.92 Å². The monoisotopic (exact) mass is 453 g/mol. The molecule has 0 spiro atoms. The normalized spacial score (nSPS) is 19.2. The third kappa shape index (κ3) is 5.25. The third-order valence-corrected chi connectivity index (χ3v) is 6.12. The fourth-order valence-electron chi connectivity index (χ4n) is 4.82. The number of nitrogens with zero attached hydrogens (tertiary/aromatic N) is 2. The summed E-state index contributed by atoms with van der Waals surface area (Å²) in [6, 6.07) is 11.2. The molecule has 2 bridgehead atoms. The number of carbonyl (C=O) groups is 2. The van der Waals surface area contributed by atoms with Gasteiger partial charge in [0.15, 0.2) is 0 Å². The van der Waals surface area contributed by atoms with Crippen LogP contribution in [0, 0.1) is 5.92 Å². The zero-order valence-corrected chi connectivity index (χ0v) is 18.2. The molecule has 33 heavy (non-hydrogen) atoms. The zero-order valence-electron chi connectivity index (χ0n) is 18.2. The van der Waals surface area contributed by atoms with E-state index in [-0.39, 0.29) is 23.5 Å². The molecule has 2 aliphatic heterocycles. The van der Waals surface area contributed by atoms with Crippen LogP contribution in [0.2, 0.25) is 0 Å². The quantitative estimate of drug-likeness (QED) is 0.550. The Morgan fingerprint density at radius 2 is 1.82 bits per heavy atom. The van der Waals surface area contributed by atoms with Gasteiger partial charge in [0.1, 0.15) is 17.1 Å². The molecule has 174 valence electrons. The average Bonchev–Trinajstić information content (AvgIpc) is 3.49. The molecule has 3 aromatic heterocycles. The number of nitrogens with one attached hydrogen (secondary N) is 1. The Labute approximate surface area is 190 Å². The van der Waals surface area contributed by atoms with Crippen molar-refractivity contribution < 1.29 is 23.5 Å². The molecular formula is C24H27N3O6. The summed E-state index contributed by atoms with van der Waals surface area (Å²) in [6.07, 6.45) is 5.00. The molecule has 0 saturated carbocycles. The number of carbonyl (C=O) groups excluding carboxylic acids is 1. The van der Waals surface area contributed by atoms with Crippen LogP contribution < -0.4 is 10.9 Å². The van der Waals surface area contributed by atoms with Crippen molar-refractivity contribution in [2.75, 3.05) is 19.6 Å². The minimum absolute atomic E-state index is 0.183. The van der Waals surface area contributed by atoms with E-state index in [0.717, 1.165) is 43.3 Å². The minimum atomic E-state index is -0.322. The largest absolute Gasteiger partial charge is 0.483 e. The van der Waals surface area contributed by atoms with Crippen LogP contribution in [0.5, 0.6) is 0 Å². The molecule has 0 unspecified atom stereocenters. The van der Waals surface area contributed by atoms with Crippen LogP contribution in [-0.4, -0.2) is 46.6 Å². The SMILES string of the molecule is O=C(NCCc1ccco1)c1ccc2n(c1=O)C[C@H]1C[C@@H]2CN(Cc2ccco2)C1.O=CO. The summed E-state index contributed by atoms with van der Waals surface area (Å²) in [5, 5.41) is 9.73. The lowest BCUT2D eigenvalue weighted by Crippen LogP contribution is -2.47. The van der Waals surface area contributed by atoms with E-state index >= 15 is 0 Å². The second kappa shape index (κ2) is 10.4. The number of pyridine rings is 1. The van der Waals surface area contributed by atoms with Crippen molar-refractivity contribution in [2.45, 2.75) is 31.8 Å². The van der Waals surface area contributed by atoms with Crippen LogP contribution in [-0.2, 0) is 24.3 Å². The van der Waals surface area contributed by atoms with Crippen LogP contribution >= 0.6 is 0 Å². The summed E-state index contributed by atoms with van der Waals surface area (Å²) in [7, 11) is 0. The molecule has 9 heteroatoms. The number of aromatic nitrogens is 1. The van der Waals surface area contributed by atoms with Crippen LogP contribution in [0.1, 0.15) is 39.9 Å². The smallest absolute Gasteiger partial charge is 0.290 e. The van der Waals surface area contributed by atoms with Crippen molar-refractivity contribution in [1.82, 2.24) is 14.8 Å². The molecule has 2 aliphatic rings. The Bertz CT molecular complexity index is 1120. The number of hydrogen-bond acceptors (Lipinski definition) is 6. The highest BCUT2D eigenvalue weighted by atomic mass is 16.3. The Morgan fingerprint density at radius 1 is 1.09 bits per heavy atom. The van der Waals surface area contributed by atoms with E-state index in [1.807, 2.05) is 34.9 Å². The molecular weight excluding hydrogens is 426 g/mol. The average molecular weight is 453 g/mol. The van der Waals surface area contributed by atoms with E-state index in [2.05, 4.69) is 10.2 Å². The number of amides is 1. The Morgan fingerprint density at radius 3 is 2.52 bits per heavy atom. The van der Waals surface area contributed by atoms with Crippen molar-refractivity contribution in [1.29, 1.82) is 0 Å². The molecule has 5 heterocycles. The Hall–Kier alpha value is -3.59. The van der Waals surface area contributed by atoms with E-state index in [4.69, 9.17) is 18.7 Å². The van der Waals surface area contributed by atoms with Crippen molar-refractivity contribution in [3.8, 4) is 0 Å². The molecule has 1 amide bonds. The number of carboxylic acid groups (broad SMARTS) is 1. The predicted molar refractivity (Wildman–Crippen MR) is 119 cm³/mol. The molecule has 0 radical (unpaired) electrons. The highest BCUT2D eigenvalue weighted by Crippen LogP contribution is 2.35. The first-order valence-corrected chi connectivity index (χ1v) is 11.0. The van der Waals surface area contributed by atoms with Gasteiger partial charge in [0.2, 0.25) is 0 Å². The van der Waals surface area contributed by atoms with E-state index in [0.29, 0.717) is 31.3 Å². The minimum Gasteiger partial charge on any atom is -0.483 e. The van der Waals surface area contributed by atoms with Gasteiger partial charge in [-0.05, 0) is 48.7 Å². The van der Waals surface area contributed by atoms with Crippen molar-refractivity contribution in [3.05, 3.63) is 82.1 Å². The van der Waals surface area contributed by atoms with E-state index in [1.165, 1.54) is 0 Å². The third-order valence-electron chi connectivity index (χ3n) is 6.12. The second-order valence-electron chi connectivity index (χ2n) is 8.35. The lowest BCUT2D eigenvalue weighted by atomic mass is 9.83. The molecule has 0 aliphatic carbocycles.